The summed E-state index contributed by atoms with van der Waals surface area (Å²) in [5.41, 5.74) is 0. The van der Waals surface area contributed by atoms with Crippen molar-refractivity contribution in [2.75, 3.05) is 0 Å². The first kappa shape index (κ1) is 8.67. The molecular weight excluding hydrogens is 156 g/mol. The van der Waals surface area contributed by atoms with Crippen LogP contribution in [-0.2, 0) is 9.47 Å². The molecule has 0 aliphatic heterocycles. The predicted octanol–water partition coefficient (Wildman–Crippen LogP) is 1.29. The molecule has 4 nitrogen and oxygen atoms in total. The summed E-state index contributed by atoms with van der Waals surface area (Å²) in [6.07, 6.45) is 6.60. The molecule has 64 valence electrons. The zero-order valence-corrected chi connectivity index (χ0v) is 6.69. The average Bonchev–Trinajstić information content (AvgIpc) is 2.06. The molecular formula is C8H10N2O2. The largest absolute Gasteiger partial charge is 0.424 e. The van der Waals surface area contributed by atoms with Crippen LogP contribution in [0, 0.1) is 23.0 Å². The van der Waals surface area contributed by atoms with E-state index < -0.39 is 0 Å². The topological polar surface area (TPSA) is 66.0 Å². The Labute approximate surface area is 71.3 Å². The second-order valence-electron chi connectivity index (χ2n) is 2.83. The van der Waals surface area contributed by atoms with Crippen LogP contribution in [0.5, 0.6) is 0 Å². The zero-order valence-electron chi connectivity index (χ0n) is 6.69. The summed E-state index contributed by atoms with van der Waals surface area (Å²) in [4.78, 5) is 0. The molecule has 0 radical (unpaired) electrons. The van der Waals surface area contributed by atoms with Crippen LogP contribution in [0.4, 0.5) is 0 Å². The molecule has 1 aliphatic carbocycles. The monoisotopic (exact) mass is 166 g/mol. The second-order valence-corrected chi connectivity index (χ2v) is 2.83. The quantitative estimate of drug-likeness (QED) is 0.580. The van der Waals surface area contributed by atoms with Gasteiger partial charge in [0.2, 0.25) is 0 Å². The third kappa shape index (κ3) is 2.32. The van der Waals surface area contributed by atoms with Crippen LogP contribution in [0.15, 0.2) is 0 Å². The molecule has 0 aromatic heterocycles. The molecule has 1 saturated carbocycles. The summed E-state index contributed by atoms with van der Waals surface area (Å²) >= 11 is 0. The highest BCUT2D eigenvalue weighted by Crippen LogP contribution is 2.22. The maximum absolute atomic E-state index is 8.26. The molecule has 1 aliphatic rings. The van der Waals surface area contributed by atoms with Gasteiger partial charge >= 0.3 is 0 Å². The number of nitriles is 2. The van der Waals surface area contributed by atoms with Gasteiger partial charge in [0.1, 0.15) is 12.2 Å². The smallest absolute Gasteiger partial charge is 0.286 e. The van der Waals surface area contributed by atoms with Gasteiger partial charge in [-0.1, -0.05) is 0 Å². The van der Waals surface area contributed by atoms with E-state index in [2.05, 4.69) is 0 Å². The Morgan fingerprint density at radius 3 is 1.92 bits per heavy atom. The summed E-state index contributed by atoms with van der Waals surface area (Å²) in [5, 5.41) is 16.5. The van der Waals surface area contributed by atoms with Crippen LogP contribution < -0.4 is 0 Å². The molecule has 0 bridgehead atoms. The highest BCUT2D eigenvalue weighted by Gasteiger charge is 2.24. The molecule has 2 unspecified atom stereocenters. The lowest BCUT2D eigenvalue weighted by Gasteiger charge is -2.24. The third-order valence-corrected chi connectivity index (χ3v) is 2.02. The standard InChI is InChI=1S/C8H10N2O2/c9-5-11-7-2-1-3-8(4-7)12-6-10/h7-8H,1-4H2. The highest BCUT2D eigenvalue weighted by atomic mass is 16.5. The maximum atomic E-state index is 8.26. The van der Waals surface area contributed by atoms with E-state index in [4.69, 9.17) is 20.0 Å². The molecule has 4 heteroatoms. The normalized spacial score (nSPS) is 28.2. The van der Waals surface area contributed by atoms with Gasteiger partial charge in [-0.15, -0.1) is 0 Å². The van der Waals surface area contributed by atoms with Crippen molar-refractivity contribution in [2.24, 2.45) is 0 Å². The average molecular weight is 166 g/mol. The first-order valence-electron chi connectivity index (χ1n) is 3.96. The Morgan fingerprint density at radius 1 is 1.00 bits per heavy atom. The van der Waals surface area contributed by atoms with Gasteiger partial charge < -0.3 is 9.47 Å². The van der Waals surface area contributed by atoms with Crippen LogP contribution in [0.2, 0.25) is 0 Å². The van der Waals surface area contributed by atoms with E-state index in [9.17, 15) is 0 Å². The summed E-state index contributed by atoms with van der Waals surface area (Å²) in [5.74, 6) is 0. The Balaban J connectivity index is 2.32. The first-order valence-corrected chi connectivity index (χ1v) is 3.96. The van der Waals surface area contributed by atoms with Crippen molar-refractivity contribution in [3.8, 4) is 12.5 Å². The van der Waals surface area contributed by atoms with E-state index in [1.54, 1.807) is 12.5 Å². The van der Waals surface area contributed by atoms with E-state index in [1.807, 2.05) is 0 Å². The maximum Gasteiger partial charge on any atom is 0.286 e. The van der Waals surface area contributed by atoms with Crippen molar-refractivity contribution < 1.29 is 9.47 Å². The van der Waals surface area contributed by atoms with Gasteiger partial charge in [0.15, 0.2) is 0 Å². The molecule has 1 fully saturated rings. The lowest BCUT2D eigenvalue weighted by molar-refractivity contribution is 0.0348. The van der Waals surface area contributed by atoms with Crippen molar-refractivity contribution in [1.82, 2.24) is 0 Å². The van der Waals surface area contributed by atoms with Gasteiger partial charge in [-0.05, 0) is 19.3 Å². The Kier molecular flexibility index (Phi) is 3.22. The van der Waals surface area contributed by atoms with Gasteiger partial charge in [0.25, 0.3) is 12.5 Å². The van der Waals surface area contributed by atoms with E-state index in [0.29, 0.717) is 6.42 Å². The summed E-state index contributed by atoms with van der Waals surface area (Å²) < 4.78 is 9.55. The number of hydrogen-bond acceptors (Lipinski definition) is 4. The first-order chi connectivity index (χ1) is 5.86. The summed E-state index contributed by atoms with van der Waals surface area (Å²) in [6.45, 7) is 0. The van der Waals surface area contributed by atoms with Gasteiger partial charge in [-0.3, -0.25) is 0 Å². The van der Waals surface area contributed by atoms with Crippen LogP contribution in [0.3, 0.4) is 0 Å². The Hall–Kier alpha value is -1.42. The van der Waals surface area contributed by atoms with Crippen LogP contribution >= 0.6 is 0 Å². The van der Waals surface area contributed by atoms with E-state index in [-0.39, 0.29) is 12.2 Å². The van der Waals surface area contributed by atoms with Crippen LogP contribution in [0.25, 0.3) is 0 Å². The predicted molar refractivity (Wildman–Crippen MR) is 39.4 cm³/mol. The minimum Gasteiger partial charge on any atom is -0.424 e. The molecule has 0 heterocycles. The minimum atomic E-state index is -0.0536. The fourth-order valence-corrected chi connectivity index (χ4v) is 1.47. The van der Waals surface area contributed by atoms with Crippen molar-refractivity contribution >= 4 is 0 Å². The van der Waals surface area contributed by atoms with E-state index in [0.717, 1.165) is 19.3 Å². The lowest BCUT2D eigenvalue weighted by Crippen LogP contribution is -2.26. The van der Waals surface area contributed by atoms with Crippen LogP contribution in [0.1, 0.15) is 25.7 Å². The Morgan fingerprint density at radius 2 is 1.50 bits per heavy atom. The lowest BCUT2D eigenvalue weighted by atomic mass is 9.95. The fraction of sp³-hybridized carbons (Fsp3) is 0.750. The van der Waals surface area contributed by atoms with Gasteiger partial charge in [0, 0.05) is 6.42 Å². The highest BCUT2D eigenvalue weighted by molar-refractivity contribution is 4.77. The van der Waals surface area contributed by atoms with Crippen LogP contribution in [-0.4, -0.2) is 12.2 Å². The molecule has 1 rings (SSSR count). The van der Waals surface area contributed by atoms with Crippen molar-refractivity contribution in [3.63, 3.8) is 0 Å². The van der Waals surface area contributed by atoms with Gasteiger partial charge in [0.05, 0.1) is 0 Å². The van der Waals surface area contributed by atoms with Crippen molar-refractivity contribution in [1.29, 1.82) is 10.5 Å². The number of hydrogen-bond donors (Lipinski definition) is 0. The van der Waals surface area contributed by atoms with E-state index in [1.165, 1.54) is 0 Å². The van der Waals surface area contributed by atoms with E-state index >= 15 is 0 Å². The molecule has 2 atom stereocenters. The molecule has 12 heavy (non-hydrogen) atoms. The molecule has 0 aromatic carbocycles. The number of ether oxygens (including phenoxy) is 2. The fourth-order valence-electron chi connectivity index (χ4n) is 1.47. The molecule has 0 aromatic rings. The molecule has 0 spiro atoms. The number of rotatable bonds is 2. The van der Waals surface area contributed by atoms with Gasteiger partial charge in [-0.25, -0.2) is 0 Å². The zero-order chi connectivity index (χ0) is 8.81. The van der Waals surface area contributed by atoms with Crippen molar-refractivity contribution in [3.05, 3.63) is 0 Å². The molecule has 0 N–H and O–H groups in total. The summed E-state index contributed by atoms with van der Waals surface area (Å²) in [7, 11) is 0. The number of nitrogens with zero attached hydrogens (tertiary/aromatic N) is 2. The molecule has 0 saturated heterocycles. The third-order valence-electron chi connectivity index (χ3n) is 2.02. The second kappa shape index (κ2) is 4.46. The molecule has 0 amide bonds. The SMILES string of the molecule is N#COC1CCCC(OC#N)C1. The summed E-state index contributed by atoms with van der Waals surface area (Å²) in [6, 6.07) is 0. The Bertz CT molecular complexity index is 194. The van der Waals surface area contributed by atoms with Gasteiger partial charge in [-0.2, -0.15) is 10.5 Å². The minimum absolute atomic E-state index is 0.0536. The van der Waals surface area contributed by atoms with Crippen molar-refractivity contribution in [2.45, 2.75) is 37.9 Å².